The van der Waals surface area contributed by atoms with E-state index < -0.39 is 5.76 Å². The van der Waals surface area contributed by atoms with Gasteiger partial charge in [0.05, 0.1) is 5.52 Å². The number of oxazole rings is 1. The molecule has 0 aliphatic carbocycles. The Morgan fingerprint density at radius 2 is 1.96 bits per heavy atom. The number of amides is 1. The van der Waals surface area contributed by atoms with Crippen molar-refractivity contribution in [3.63, 3.8) is 0 Å². The van der Waals surface area contributed by atoms with Crippen molar-refractivity contribution in [1.29, 1.82) is 0 Å². The molecule has 0 atom stereocenters. The number of hydrogen-bond donors (Lipinski definition) is 1. The third-order valence-electron chi connectivity index (χ3n) is 4.02. The lowest BCUT2D eigenvalue weighted by molar-refractivity contribution is 0.0953. The Bertz CT molecular complexity index is 894. The van der Waals surface area contributed by atoms with Gasteiger partial charge in [0.15, 0.2) is 5.58 Å². The van der Waals surface area contributed by atoms with Gasteiger partial charge in [-0.25, -0.2) is 4.79 Å². The Labute approximate surface area is 139 Å². The molecule has 2 aromatic carbocycles. The van der Waals surface area contributed by atoms with Gasteiger partial charge in [-0.1, -0.05) is 30.3 Å². The van der Waals surface area contributed by atoms with E-state index in [1.54, 1.807) is 18.2 Å². The fourth-order valence-corrected chi connectivity index (χ4v) is 2.74. The number of aryl methyl sites for hydroxylation is 2. The molecule has 0 saturated carbocycles. The van der Waals surface area contributed by atoms with Gasteiger partial charge in [0.25, 0.3) is 5.91 Å². The van der Waals surface area contributed by atoms with Gasteiger partial charge in [-0.05, 0) is 43.5 Å². The van der Waals surface area contributed by atoms with E-state index in [9.17, 15) is 9.59 Å². The van der Waals surface area contributed by atoms with E-state index in [2.05, 4.69) is 17.4 Å². The number of carbonyl (C=O) groups excluding carboxylic acids is 1. The summed E-state index contributed by atoms with van der Waals surface area (Å²) in [5, 5.41) is 2.92. The second-order valence-corrected chi connectivity index (χ2v) is 5.64. The standard InChI is InChI=1S/C19H20N2O3/c1-2-21-16-13-15(10-11-17(16)24-19(21)23)18(22)20-12-6-9-14-7-4-3-5-8-14/h3-5,7-8,10-11,13H,2,6,9,12H2,1H3,(H,20,22). The van der Waals surface area contributed by atoms with Crippen molar-refractivity contribution in [1.82, 2.24) is 9.88 Å². The third-order valence-corrected chi connectivity index (χ3v) is 4.02. The van der Waals surface area contributed by atoms with Crippen molar-refractivity contribution < 1.29 is 9.21 Å². The largest absolute Gasteiger partial charge is 0.419 e. The Morgan fingerprint density at radius 3 is 2.71 bits per heavy atom. The SMILES string of the molecule is CCn1c(=O)oc2ccc(C(=O)NCCCc3ccccc3)cc21. The lowest BCUT2D eigenvalue weighted by atomic mass is 10.1. The van der Waals surface area contributed by atoms with Crippen LogP contribution in [0, 0.1) is 0 Å². The van der Waals surface area contributed by atoms with Crippen LogP contribution in [0.25, 0.3) is 11.1 Å². The first-order chi connectivity index (χ1) is 11.7. The predicted molar refractivity (Wildman–Crippen MR) is 93.2 cm³/mol. The van der Waals surface area contributed by atoms with Gasteiger partial charge in [0.1, 0.15) is 0 Å². The third kappa shape index (κ3) is 3.40. The second-order valence-electron chi connectivity index (χ2n) is 5.64. The Balaban J connectivity index is 1.62. The average Bonchev–Trinajstić information content (AvgIpc) is 2.93. The first-order valence-electron chi connectivity index (χ1n) is 8.14. The Kier molecular flexibility index (Phi) is 4.79. The van der Waals surface area contributed by atoms with Gasteiger partial charge in [-0.3, -0.25) is 9.36 Å². The molecular formula is C19H20N2O3. The summed E-state index contributed by atoms with van der Waals surface area (Å²) in [6.07, 6.45) is 1.81. The zero-order chi connectivity index (χ0) is 16.9. The van der Waals surface area contributed by atoms with E-state index >= 15 is 0 Å². The van der Waals surface area contributed by atoms with E-state index in [4.69, 9.17) is 4.42 Å². The number of benzene rings is 2. The van der Waals surface area contributed by atoms with Crippen LogP contribution in [0.15, 0.2) is 57.7 Å². The molecule has 3 rings (SSSR count). The van der Waals surface area contributed by atoms with Crippen molar-refractivity contribution in [3.8, 4) is 0 Å². The zero-order valence-electron chi connectivity index (χ0n) is 13.6. The fourth-order valence-electron chi connectivity index (χ4n) is 2.74. The molecule has 0 unspecified atom stereocenters. The summed E-state index contributed by atoms with van der Waals surface area (Å²) in [5.41, 5.74) is 2.95. The van der Waals surface area contributed by atoms with Gasteiger partial charge >= 0.3 is 5.76 Å². The average molecular weight is 324 g/mol. The summed E-state index contributed by atoms with van der Waals surface area (Å²) in [6, 6.07) is 15.2. The molecule has 0 aliphatic heterocycles. The minimum absolute atomic E-state index is 0.138. The Hall–Kier alpha value is -2.82. The van der Waals surface area contributed by atoms with Gasteiger partial charge in [-0.2, -0.15) is 0 Å². The predicted octanol–water partition coefficient (Wildman–Crippen LogP) is 2.98. The van der Waals surface area contributed by atoms with Crippen LogP contribution in [0.1, 0.15) is 29.3 Å². The number of aromatic nitrogens is 1. The highest BCUT2D eigenvalue weighted by Crippen LogP contribution is 2.15. The normalized spacial score (nSPS) is 10.9. The number of nitrogens with one attached hydrogen (secondary N) is 1. The van der Waals surface area contributed by atoms with Crippen LogP contribution in [0.5, 0.6) is 0 Å². The molecule has 1 heterocycles. The number of fused-ring (bicyclic) bond motifs is 1. The molecule has 0 spiro atoms. The summed E-state index contributed by atoms with van der Waals surface area (Å²) in [6.45, 7) is 2.98. The molecule has 0 aliphatic rings. The van der Waals surface area contributed by atoms with E-state index in [0.717, 1.165) is 12.8 Å². The quantitative estimate of drug-likeness (QED) is 0.709. The van der Waals surface area contributed by atoms with Crippen LogP contribution in [0.2, 0.25) is 0 Å². The van der Waals surface area contributed by atoms with E-state index in [0.29, 0.717) is 29.8 Å². The molecule has 1 amide bonds. The minimum Gasteiger partial charge on any atom is -0.408 e. The van der Waals surface area contributed by atoms with Crippen molar-refractivity contribution in [2.24, 2.45) is 0 Å². The van der Waals surface area contributed by atoms with Crippen LogP contribution in [-0.2, 0) is 13.0 Å². The van der Waals surface area contributed by atoms with Crippen molar-refractivity contribution in [2.75, 3.05) is 6.54 Å². The van der Waals surface area contributed by atoms with Crippen molar-refractivity contribution in [3.05, 3.63) is 70.2 Å². The second kappa shape index (κ2) is 7.17. The molecule has 0 saturated heterocycles. The summed E-state index contributed by atoms with van der Waals surface area (Å²) < 4.78 is 6.66. The minimum atomic E-state index is -0.395. The molecular weight excluding hydrogens is 304 g/mol. The Morgan fingerprint density at radius 1 is 1.17 bits per heavy atom. The van der Waals surface area contributed by atoms with Crippen LogP contribution >= 0.6 is 0 Å². The molecule has 5 heteroatoms. The van der Waals surface area contributed by atoms with Crippen molar-refractivity contribution in [2.45, 2.75) is 26.3 Å². The number of carbonyl (C=O) groups is 1. The lowest BCUT2D eigenvalue weighted by Gasteiger charge is -2.06. The van der Waals surface area contributed by atoms with Gasteiger partial charge < -0.3 is 9.73 Å². The van der Waals surface area contributed by atoms with Gasteiger partial charge in [0.2, 0.25) is 0 Å². The molecule has 1 aromatic heterocycles. The molecule has 124 valence electrons. The highest BCUT2D eigenvalue weighted by atomic mass is 16.4. The monoisotopic (exact) mass is 324 g/mol. The first-order valence-corrected chi connectivity index (χ1v) is 8.14. The van der Waals surface area contributed by atoms with Crippen LogP contribution in [-0.4, -0.2) is 17.0 Å². The molecule has 1 N–H and O–H groups in total. The lowest BCUT2D eigenvalue weighted by Crippen LogP contribution is -2.24. The summed E-state index contributed by atoms with van der Waals surface area (Å²) >= 11 is 0. The van der Waals surface area contributed by atoms with Gasteiger partial charge in [0, 0.05) is 18.7 Å². The maximum atomic E-state index is 12.3. The van der Waals surface area contributed by atoms with E-state index in [1.165, 1.54) is 10.1 Å². The molecule has 24 heavy (non-hydrogen) atoms. The van der Waals surface area contributed by atoms with Crippen LogP contribution in [0.3, 0.4) is 0 Å². The maximum absolute atomic E-state index is 12.3. The van der Waals surface area contributed by atoms with Crippen molar-refractivity contribution >= 4 is 17.0 Å². The summed E-state index contributed by atoms with van der Waals surface area (Å²) in [4.78, 5) is 24.0. The highest BCUT2D eigenvalue weighted by molar-refractivity contribution is 5.97. The number of nitrogens with zero attached hydrogens (tertiary/aromatic N) is 1. The molecule has 5 nitrogen and oxygen atoms in total. The summed E-state index contributed by atoms with van der Waals surface area (Å²) in [7, 11) is 0. The fraction of sp³-hybridized carbons (Fsp3) is 0.263. The van der Waals surface area contributed by atoms with Crippen LogP contribution in [0.4, 0.5) is 0 Å². The molecule has 0 fully saturated rings. The molecule has 3 aromatic rings. The maximum Gasteiger partial charge on any atom is 0.419 e. The van der Waals surface area contributed by atoms with Gasteiger partial charge in [-0.15, -0.1) is 0 Å². The number of hydrogen-bond acceptors (Lipinski definition) is 3. The highest BCUT2D eigenvalue weighted by Gasteiger charge is 2.11. The molecule has 0 bridgehead atoms. The number of rotatable bonds is 6. The van der Waals surface area contributed by atoms with E-state index in [1.807, 2.05) is 25.1 Å². The summed E-state index contributed by atoms with van der Waals surface area (Å²) in [5.74, 6) is -0.533. The molecule has 0 radical (unpaired) electrons. The first kappa shape index (κ1) is 16.1. The smallest absolute Gasteiger partial charge is 0.408 e. The zero-order valence-corrected chi connectivity index (χ0v) is 13.6. The van der Waals surface area contributed by atoms with E-state index in [-0.39, 0.29) is 5.91 Å². The van der Waals surface area contributed by atoms with Crippen LogP contribution < -0.4 is 11.1 Å². The topological polar surface area (TPSA) is 64.2 Å².